The summed E-state index contributed by atoms with van der Waals surface area (Å²) >= 11 is 0. The maximum absolute atomic E-state index is 14.9. The summed E-state index contributed by atoms with van der Waals surface area (Å²) in [6.07, 6.45) is -3.03. The Hall–Kier alpha value is -5.12. The van der Waals surface area contributed by atoms with E-state index in [1.165, 1.54) is 63.0 Å². The molecule has 2 aromatic carbocycles. The minimum Gasteiger partial charge on any atom is -0.479 e. The zero-order valence-electron chi connectivity index (χ0n) is 32.0. The van der Waals surface area contributed by atoms with Gasteiger partial charge in [0, 0.05) is 0 Å². The Bertz CT molecular complexity index is 2160. The molecule has 1 aliphatic heterocycles. The molecule has 1 saturated heterocycles. The van der Waals surface area contributed by atoms with Gasteiger partial charge in [0.15, 0.2) is 17.4 Å². The average molecular weight is 831 g/mol. The third-order valence-corrected chi connectivity index (χ3v) is 11.7. The predicted molar refractivity (Wildman–Crippen MR) is 203 cm³/mol. The molecule has 4 N–H and O–H groups in total. The zero-order valence-corrected chi connectivity index (χ0v) is 33.8. The van der Waals surface area contributed by atoms with E-state index in [9.17, 15) is 24.0 Å². The monoisotopic (exact) mass is 830 g/mol. The molecule has 8 unspecified atom stereocenters. The van der Waals surface area contributed by atoms with Crippen molar-refractivity contribution in [2.75, 3.05) is 32.7 Å². The first-order valence-electron chi connectivity index (χ1n) is 17.7. The van der Waals surface area contributed by atoms with E-state index < -0.39 is 70.0 Å². The molecule has 0 bridgehead atoms. The van der Waals surface area contributed by atoms with Gasteiger partial charge in [0.2, 0.25) is 11.8 Å². The van der Waals surface area contributed by atoms with E-state index in [2.05, 4.69) is 31.2 Å². The minimum absolute atomic E-state index is 0.0330. The zero-order chi connectivity index (χ0) is 41.4. The van der Waals surface area contributed by atoms with Gasteiger partial charge in [0.1, 0.15) is 41.2 Å². The van der Waals surface area contributed by atoms with Crippen LogP contribution >= 0.6 is 15.5 Å². The molecule has 5 rings (SSSR count). The normalized spacial score (nSPS) is 22.3. The number of nitrogens with one attached hydrogen (secondary N) is 2. The molecule has 1 fully saturated rings. The number of nitrogen functional groups attached to an aromatic ring is 1. The number of anilines is 1. The summed E-state index contributed by atoms with van der Waals surface area (Å²) in [6.45, 7) is 6.89. The number of hydrogen-bond acceptors (Lipinski definition) is 17. The third-order valence-electron chi connectivity index (χ3n) is 8.42. The highest BCUT2D eigenvalue weighted by atomic mass is 31.2. The number of rotatable bonds is 19. The van der Waals surface area contributed by atoms with E-state index in [1.807, 2.05) is 0 Å². The Kier molecular flexibility index (Phi) is 13.9. The van der Waals surface area contributed by atoms with Gasteiger partial charge in [-0.1, -0.05) is 36.4 Å². The summed E-state index contributed by atoms with van der Waals surface area (Å²) in [4.78, 5) is 38.1. The number of carbonyl (C=O) groups is 2. The van der Waals surface area contributed by atoms with Gasteiger partial charge < -0.3 is 33.7 Å². The quantitative estimate of drug-likeness (QED) is 0.0854. The molecule has 0 saturated carbocycles. The van der Waals surface area contributed by atoms with Gasteiger partial charge >= 0.3 is 27.4 Å². The van der Waals surface area contributed by atoms with Crippen LogP contribution in [0.15, 0.2) is 67.0 Å². The molecule has 0 spiro atoms. The molecule has 4 aromatic rings. The lowest BCUT2D eigenvalue weighted by atomic mass is 9.84. The number of para-hydroxylation sites is 2. The first kappa shape index (κ1) is 43.0. The molecule has 57 heavy (non-hydrogen) atoms. The number of imidazole rings is 1. The van der Waals surface area contributed by atoms with Gasteiger partial charge in [0.25, 0.3) is 0 Å². The van der Waals surface area contributed by atoms with Crippen molar-refractivity contribution < 1.29 is 55.8 Å². The van der Waals surface area contributed by atoms with Crippen molar-refractivity contribution in [1.29, 1.82) is 5.26 Å². The van der Waals surface area contributed by atoms with Crippen molar-refractivity contribution in [3.8, 4) is 23.4 Å². The van der Waals surface area contributed by atoms with Crippen LogP contribution in [0.5, 0.6) is 17.4 Å². The summed E-state index contributed by atoms with van der Waals surface area (Å²) in [5.74, 6) is -1.43. The summed E-state index contributed by atoms with van der Waals surface area (Å²) < 4.78 is 76.8. The fourth-order valence-electron chi connectivity index (χ4n) is 5.75. The van der Waals surface area contributed by atoms with E-state index in [0.717, 1.165) is 0 Å². The third kappa shape index (κ3) is 10.1. The van der Waals surface area contributed by atoms with Gasteiger partial charge in [0.05, 0.1) is 39.3 Å². The average Bonchev–Trinajstić information content (AvgIpc) is 3.72. The van der Waals surface area contributed by atoms with Crippen LogP contribution in [0.1, 0.15) is 40.8 Å². The molecule has 20 nitrogen and oxygen atoms in total. The smallest absolute Gasteiger partial charge is 0.459 e. The van der Waals surface area contributed by atoms with Crippen molar-refractivity contribution in [3.05, 3.63) is 67.0 Å². The molecule has 8 atom stereocenters. The first-order valence-corrected chi connectivity index (χ1v) is 20.8. The largest absolute Gasteiger partial charge is 0.479 e. The highest BCUT2D eigenvalue weighted by Crippen LogP contribution is 2.56. The number of benzene rings is 2. The standard InChI is InChI=1S/C35H44N8O12P2/c1-7-49-31(44)22(3)41-56(46,53-24-15-11-9-12-16-24)51-19-26-28(55-57(47,42-23(4)32(45)50-8-2)54-25-17-13-10-14-18-25)35(5,20-36)33(52-26)43-21-38-27-29(43)39-34(37)40-30(27)48-6/h9-18,21-23,26,28,33H,7-8,19H2,1-6H3,(H,41,46)(H,42,47)(H2,37,39,40). The number of methoxy groups -OCH3 is 1. The van der Waals surface area contributed by atoms with Gasteiger partial charge in [-0.15, -0.1) is 0 Å². The van der Waals surface area contributed by atoms with Crippen molar-refractivity contribution in [1.82, 2.24) is 29.7 Å². The SMILES string of the molecule is CCOC(=O)C(C)NP(=O)(OCC1OC(n2cnc3c(OC)nc(N)nc32)C(C)(C#N)C1OP(=O)(NC(C)C(=O)OCC)Oc1ccccc1)Oc1ccccc1. The fraction of sp³-hybridized carbons (Fsp3) is 0.429. The van der Waals surface area contributed by atoms with Crippen LogP contribution in [-0.4, -0.2) is 82.7 Å². The van der Waals surface area contributed by atoms with Crippen LogP contribution < -0.4 is 29.7 Å². The Morgan fingerprint density at radius 1 is 0.947 bits per heavy atom. The molecule has 0 aliphatic carbocycles. The summed E-state index contributed by atoms with van der Waals surface area (Å²) in [5.41, 5.74) is 4.45. The Morgan fingerprint density at radius 3 is 2.02 bits per heavy atom. The lowest BCUT2D eigenvalue weighted by Crippen LogP contribution is -2.43. The number of aromatic nitrogens is 4. The van der Waals surface area contributed by atoms with Gasteiger partial charge in [-0.25, -0.2) is 14.1 Å². The van der Waals surface area contributed by atoms with E-state index in [0.29, 0.717) is 0 Å². The highest BCUT2D eigenvalue weighted by molar-refractivity contribution is 7.52. The van der Waals surface area contributed by atoms with E-state index >= 15 is 0 Å². The summed E-state index contributed by atoms with van der Waals surface area (Å²) in [7, 11) is -7.84. The van der Waals surface area contributed by atoms with Crippen molar-refractivity contribution in [2.45, 2.75) is 65.1 Å². The fourth-order valence-corrected chi connectivity index (χ4v) is 9.04. The lowest BCUT2D eigenvalue weighted by Gasteiger charge is -2.32. The molecule has 2 aromatic heterocycles. The van der Waals surface area contributed by atoms with Crippen LogP contribution in [0.3, 0.4) is 0 Å². The lowest BCUT2D eigenvalue weighted by molar-refractivity contribution is -0.145. The molecular weight excluding hydrogens is 786 g/mol. The number of ether oxygens (including phenoxy) is 4. The van der Waals surface area contributed by atoms with Crippen LogP contribution in [-0.2, 0) is 42.0 Å². The van der Waals surface area contributed by atoms with E-state index in [4.69, 9.17) is 42.8 Å². The Morgan fingerprint density at radius 2 is 1.49 bits per heavy atom. The maximum Gasteiger partial charge on any atom is 0.459 e. The van der Waals surface area contributed by atoms with Crippen LogP contribution in [0.2, 0.25) is 0 Å². The van der Waals surface area contributed by atoms with E-state index in [1.54, 1.807) is 50.2 Å². The first-order chi connectivity index (χ1) is 27.2. The van der Waals surface area contributed by atoms with Gasteiger partial charge in [-0.05, 0) is 58.9 Å². The number of fused-ring (bicyclic) bond motifs is 1. The molecule has 306 valence electrons. The Labute approximate surface area is 328 Å². The number of esters is 2. The van der Waals surface area contributed by atoms with Gasteiger partial charge in [-0.2, -0.15) is 25.4 Å². The number of carbonyl (C=O) groups excluding carboxylic acids is 2. The molecule has 22 heteroatoms. The Balaban J connectivity index is 1.59. The summed E-state index contributed by atoms with van der Waals surface area (Å²) in [6, 6.07) is 15.8. The van der Waals surface area contributed by atoms with Crippen LogP contribution in [0.25, 0.3) is 11.2 Å². The van der Waals surface area contributed by atoms with E-state index in [-0.39, 0.29) is 47.7 Å². The van der Waals surface area contributed by atoms with Gasteiger partial charge in [-0.3, -0.25) is 23.2 Å². The topological polar surface area (TPSA) is 260 Å². The number of nitriles is 1. The van der Waals surface area contributed by atoms with Crippen molar-refractivity contribution in [2.24, 2.45) is 5.41 Å². The number of nitrogens with zero attached hydrogens (tertiary/aromatic N) is 5. The molecular formula is C35H44N8O12P2. The highest BCUT2D eigenvalue weighted by Gasteiger charge is 2.60. The maximum atomic E-state index is 14.9. The predicted octanol–water partition coefficient (Wildman–Crippen LogP) is 4.70. The molecule has 3 heterocycles. The molecule has 0 amide bonds. The second-order valence-corrected chi connectivity index (χ2v) is 16.0. The minimum atomic E-state index is -4.69. The second-order valence-electron chi connectivity index (χ2n) is 12.7. The molecule has 1 aliphatic rings. The summed E-state index contributed by atoms with van der Waals surface area (Å²) in [5, 5.41) is 16.1. The second kappa shape index (κ2) is 18.4. The van der Waals surface area contributed by atoms with Crippen LogP contribution in [0, 0.1) is 16.7 Å². The van der Waals surface area contributed by atoms with Crippen molar-refractivity contribution >= 4 is 44.5 Å². The number of hydrogen-bond donors (Lipinski definition) is 3. The number of nitrogens with two attached hydrogens (primary N) is 1. The van der Waals surface area contributed by atoms with Crippen molar-refractivity contribution in [3.63, 3.8) is 0 Å². The van der Waals surface area contributed by atoms with Crippen LogP contribution in [0.4, 0.5) is 5.95 Å². The molecule has 0 radical (unpaired) electrons.